The van der Waals surface area contributed by atoms with Crippen molar-refractivity contribution in [3.05, 3.63) is 34.9 Å². The van der Waals surface area contributed by atoms with Crippen molar-refractivity contribution in [3.8, 4) is 0 Å². The highest BCUT2D eigenvalue weighted by molar-refractivity contribution is 5.32. The molecule has 82 valence electrons. The first kappa shape index (κ1) is 10.7. The number of rotatable bonds is 3. The summed E-state index contributed by atoms with van der Waals surface area (Å²) < 4.78 is 0. The van der Waals surface area contributed by atoms with Gasteiger partial charge in [-0.2, -0.15) is 0 Å². The van der Waals surface area contributed by atoms with Gasteiger partial charge in [-0.3, -0.25) is 0 Å². The molecule has 0 saturated carbocycles. The lowest BCUT2D eigenvalue weighted by Crippen LogP contribution is -2.13. The van der Waals surface area contributed by atoms with Crippen molar-refractivity contribution in [2.45, 2.75) is 45.6 Å². The maximum absolute atomic E-state index is 3.58. The van der Waals surface area contributed by atoms with E-state index in [1.165, 1.54) is 36.1 Å². The number of aryl methyl sites for hydroxylation is 2. The summed E-state index contributed by atoms with van der Waals surface area (Å²) in [4.78, 5) is 0. The molecule has 0 aliphatic carbocycles. The van der Waals surface area contributed by atoms with Crippen LogP contribution in [0.4, 0.5) is 0 Å². The summed E-state index contributed by atoms with van der Waals surface area (Å²) in [5.74, 6) is 0. The highest BCUT2D eigenvalue weighted by Gasteiger charge is 2.16. The standard InChI is InChI=1S/C14H21N/c1-3-11-8-12(4-2)10-13(9-11)14-6-5-7-15-14/h8-10,14-15H,3-7H2,1-2H3/t14-/m1/s1. The Hall–Kier alpha value is -0.820. The minimum Gasteiger partial charge on any atom is -0.310 e. The Labute approximate surface area is 92.9 Å². The summed E-state index contributed by atoms with van der Waals surface area (Å²) in [6.07, 6.45) is 4.92. The molecule has 1 heteroatoms. The average Bonchev–Trinajstić information content (AvgIpc) is 2.81. The molecule has 1 aromatic carbocycles. The van der Waals surface area contributed by atoms with E-state index in [0.717, 1.165) is 12.8 Å². The van der Waals surface area contributed by atoms with E-state index in [0.29, 0.717) is 6.04 Å². The molecule has 1 aromatic rings. The van der Waals surface area contributed by atoms with E-state index in [9.17, 15) is 0 Å². The van der Waals surface area contributed by atoms with Gasteiger partial charge in [0.25, 0.3) is 0 Å². The summed E-state index contributed by atoms with van der Waals surface area (Å²) in [7, 11) is 0. The fourth-order valence-electron chi connectivity index (χ4n) is 2.37. The molecule has 1 aliphatic rings. The highest BCUT2D eigenvalue weighted by atomic mass is 14.9. The Bertz CT molecular complexity index is 302. The first-order valence-electron chi connectivity index (χ1n) is 6.19. The fraction of sp³-hybridized carbons (Fsp3) is 0.571. The summed E-state index contributed by atoms with van der Waals surface area (Å²) in [5.41, 5.74) is 4.47. The molecule has 1 heterocycles. The lowest BCUT2D eigenvalue weighted by Gasteiger charge is -2.14. The third kappa shape index (κ3) is 2.40. The number of nitrogens with one attached hydrogen (secondary N) is 1. The van der Waals surface area contributed by atoms with Gasteiger partial charge in [0.05, 0.1) is 0 Å². The average molecular weight is 203 g/mol. The summed E-state index contributed by atoms with van der Waals surface area (Å²) in [5, 5.41) is 3.58. The summed E-state index contributed by atoms with van der Waals surface area (Å²) in [6.45, 7) is 5.66. The van der Waals surface area contributed by atoms with Gasteiger partial charge in [-0.1, -0.05) is 32.0 Å². The van der Waals surface area contributed by atoms with E-state index in [1.54, 1.807) is 0 Å². The van der Waals surface area contributed by atoms with Crippen LogP contribution in [0.25, 0.3) is 0 Å². The third-order valence-corrected chi connectivity index (χ3v) is 3.35. The summed E-state index contributed by atoms with van der Waals surface area (Å²) >= 11 is 0. The van der Waals surface area contributed by atoms with E-state index in [-0.39, 0.29) is 0 Å². The van der Waals surface area contributed by atoms with Crippen LogP contribution in [0.3, 0.4) is 0 Å². The van der Waals surface area contributed by atoms with Crippen LogP contribution in [0.15, 0.2) is 18.2 Å². The molecule has 0 spiro atoms. The van der Waals surface area contributed by atoms with E-state index in [1.807, 2.05) is 0 Å². The van der Waals surface area contributed by atoms with E-state index < -0.39 is 0 Å². The van der Waals surface area contributed by atoms with Gasteiger partial charge in [0.2, 0.25) is 0 Å². The van der Waals surface area contributed by atoms with Crippen LogP contribution in [-0.2, 0) is 12.8 Å². The smallest absolute Gasteiger partial charge is 0.0320 e. The zero-order chi connectivity index (χ0) is 10.7. The maximum atomic E-state index is 3.58. The number of benzene rings is 1. The zero-order valence-corrected chi connectivity index (χ0v) is 9.84. The molecule has 0 unspecified atom stereocenters. The molecular formula is C14H21N. The molecule has 15 heavy (non-hydrogen) atoms. The Kier molecular flexibility index (Phi) is 3.42. The molecule has 1 nitrogen and oxygen atoms in total. The molecule has 1 aliphatic heterocycles. The predicted molar refractivity (Wildman–Crippen MR) is 65.2 cm³/mol. The van der Waals surface area contributed by atoms with Gasteiger partial charge >= 0.3 is 0 Å². The van der Waals surface area contributed by atoms with Crippen LogP contribution in [0.1, 0.15) is 49.4 Å². The minimum atomic E-state index is 0.613. The molecule has 0 bridgehead atoms. The van der Waals surface area contributed by atoms with Crippen LogP contribution in [-0.4, -0.2) is 6.54 Å². The molecule has 0 radical (unpaired) electrons. The topological polar surface area (TPSA) is 12.0 Å². The van der Waals surface area contributed by atoms with Crippen molar-refractivity contribution in [2.75, 3.05) is 6.54 Å². The van der Waals surface area contributed by atoms with Gasteiger partial charge in [-0.25, -0.2) is 0 Å². The monoisotopic (exact) mass is 203 g/mol. The van der Waals surface area contributed by atoms with Crippen LogP contribution in [0, 0.1) is 0 Å². The number of hydrogen-bond acceptors (Lipinski definition) is 1. The first-order valence-corrected chi connectivity index (χ1v) is 6.19. The van der Waals surface area contributed by atoms with Crippen molar-refractivity contribution in [2.24, 2.45) is 0 Å². The normalized spacial score (nSPS) is 20.8. The Morgan fingerprint density at radius 3 is 2.27 bits per heavy atom. The van der Waals surface area contributed by atoms with E-state index in [4.69, 9.17) is 0 Å². The second kappa shape index (κ2) is 4.80. The highest BCUT2D eigenvalue weighted by Crippen LogP contribution is 2.25. The molecule has 0 aromatic heterocycles. The van der Waals surface area contributed by atoms with Crippen LogP contribution >= 0.6 is 0 Å². The molecule has 1 saturated heterocycles. The first-order chi connectivity index (χ1) is 7.33. The molecule has 0 amide bonds. The van der Waals surface area contributed by atoms with Gasteiger partial charge in [-0.15, -0.1) is 0 Å². The Morgan fingerprint density at radius 1 is 1.13 bits per heavy atom. The van der Waals surface area contributed by atoms with Crippen molar-refractivity contribution in [3.63, 3.8) is 0 Å². The molecule has 2 rings (SSSR count). The number of hydrogen-bond donors (Lipinski definition) is 1. The molecule has 1 fully saturated rings. The lowest BCUT2D eigenvalue weighted by molar-refractivity contribution is 0.646. The largest absolute Gasteiger partial charge is 0.310 e. The van der Waals surface area contributed by atoms with Gasteiger partial charge in [-0.05, 0) is 48.9 Å². The summed E-state index contributed by atoms with van der Waals surface area (Å²) in [6, 6.07) is 7.71. The van der Waals surface area contributed by atoms with Crippen LogP contribution < -0.4 is 5.32 Å². The quantitative estimate of drug-likeness (QED) is 0.795. The molecule has 1 N–H and O–H groups in total. The van der Waals surface area contributed by atoms with Crippen molar-refractivity contribution in [1.82, 2.24) is 5.32 Å². The molecular weight excluding hydrogens is 182 g/mol. The second-order valence-electron chi connectivity index (χ2n) is 4.44. The van der Waals surface area contributed by atoms with Gasteiger partial charge in [0, 0.05) is 6.04 Å². The van der Waals surface area contributed by atoms with Crippen molar-refractivity contribution >= 4 is 0 Å². The van der Waals surface area contributed by atoms with Crippen LogP contribution in [0.5, 0.6) is 0 Å². The lowest BCUT2D eigenvalue weighted by atomic mass is 9.97. The van der Waals surface area contributed by atoms with Gasteiger partial charge < -0.3 is 5.32 Å². The van der Waals surface area contributed by atoms with Gasteiger partial charge in [0.1, 0.15) is 0 Å². The SMILES string of the molecule is CCc1cc(CC)cc([C@H]2CCCN2)c1. The Balaban J connectivity index is 2.28. The minimum absolute atomic E-state index is 0.613. The van der Waals surface area contributed by atoms with E-state index in [2.05, 4.69) is 37.4 Å². The van der Waals surface area contributed by atoms with Crippen molar-refractivity contribution in [1.29, 1.82) is 0 Å². The molecule has 1 atom stereocenters. The fourth-order valence-corrected chi connectivity index (χ4v) is 2.37. The second-order valence-corrected chi connectivity index (χ2v) is 4.44. The predicted octanol–water partition coefficient (Wildman–Crippen LogP) is 3.24. The van der Waals surface area contributed by atoms with Gasteiger partial charge in [0.15, 0.2) is 0 Å². The van der Waals surface area contributed by atoms with E-state index >= 15 is 0 Å². The van der Waals surface area contributed by atoms with Crippen molar-refractivity contribution < 1.29 is 0 Å². The van der Waals surface area contributed by atoms with Crippen LogP contribution in [0.2, 0.25) is 0 Å². The maximum Gasteiger partial charge on any atom is 0.0320 e. The zero-order valence-electron chi connectivity index (χ0n) is 9.84. The third-order valence-electron chi connectivity index (χ3n) is 3.35. The Morgan fingerprint density at radius 2 is 1.80 bits per heavy atom.